The Labute approximate surface area is 147 Å². The van der Waals surface area contributed by atoms with Crippen molar-refractivity contribution in [2.24, 2.45) is 0 Å². The standard InChI is InChI=1S/C20H21N3O2/c1-2-3-8-13-23-18(24)14-9-4-6-11-16(14)22-20(23)15-10-5-7-12-17(15)21-19(20)25/h4-7,9-12,22H,2-3,8,13H2,1H3,(H,21,25). The van der Waals surface area contributed by atoms with Crippen LogP contribution in [0.25, 0.3) is 0 Å². The number of rotatable bonds is 4. The van der Waals surface area contributed by atoms with Crippen LogP contribution in [0.5, 0.6) is 0 Å². The van der Waals surface area contributed by atoms with Gasteiger partial charge in [0.05, 0.1) is 5.56 Å². The van der Waals surface area contributed by atoms with Gasteiger partial charge in [0.1, 0.15) is 0 Å². The van der Waals surface area contributed by atoms with Crippen molar-refractivity contribution in [1.82, 2.24) is 4.90 Å². The van der Waals surface area contributed by atoms with Crippen LogP contribution in [0, 0.1) is 0 Å². The highest BCUT2D eigenvalue weighted by atomic mass is 16.2. The molecule has 128 valence electrons. The van der Waals surface area contributed by atoms with E-state index in [4.69, 9.17) is 0 Å². The minimum Gasteiger partial charge on any atom is -0.350 e. The van der Waals surface area contributed by atoms with E-state index < -0.39 is 5.66 Å². The fraction of sp³-hybridized carbons (Fsp3) is 0.300. The van der Waals surface area contributed by atoms with Crippen molar-refractivity contribution in [1.29, 1.82) is 0 Å². The number of fused-ring (bicyclic) bond motifs is 3. The van der Waals surface area contributed by atoms with Crippen molar-refractivity contribution < 1.29 is 9.59 Å². The van der Waals surface area contributed by atoms with Crippen molar-refractivity contribution in [3.63, 3.8) is 0 Å². The highest BCUT2D eigenvalue weighted by Gasteiger charge is 2.55. The number of amides is 2. The second kappa shape index (κ2) is 5.92. The lowest BCUT2D eigenvalue weighted by atomic mass is 9.92. The molecule has 0 aliphatic carbocycles. The third kappa shape index (κ3) is 2.22. The summed E-state index contributed by atoms with van der Waals surface area (Å²) in [6, 6.07) is 15.0. The molecule has 5 heteroatoms. The van der Waals surface area contributed by atoms with Crippen molar-refractivity contribution in [3.8, 4) is 0 Å². The van der Waals surface area contributed by atoms with Gasteiger partial charge in [0.25, 0.3) is 11.8 Å². The Morgan fingerprint density at radius 3 is 2.48 bits per heavy atom. The summed E-state index contributed by atoms with van der Waals surface area (Å²) in [5.41, 5.74) is 1.70. The molecule has 25 heavy (non-hydrogen) atoms. The average molecular weight is 335 g/mol. The molecule has 2 heterocycles. The maximum absolute atomic E-state index is 13.2. The second-order valence-corrected chi connectivity index (χ2v) is 6.54. The van der Waals surface area contributed by atoms with Gasteiger partial charge in [-0.05, 0) is 24.6 Å². The molecule has 5 nitrogen and oxygen atoms in total. The largest absolute Gasteiger partial charge is 0.350 e. The molecule has 1 unspecified atom stereocenters. The van der Waals surface area contributed by atoms with Gasteiger partial charge in [0.15, 0.2) is 0 Å². The molecule has 0 fully saturated rings. The van der Waals surface area contributed by atoms with Crippen LogP contribution in [0.3, 0.4) is 0 Å². The lowest BCUT2D eigenvalue weighted by Gasteiger charge is -2.44. The van der Waals surface area contributed by atoms with Crippen molar-refractivity contribution in [2.75, 3.05) is 17.2 Å². The van der Waals surface area contributed by atoms with Gasteiger partial charge in [-0.1, -0.05) is 50.1 Å². The van der Waals surface area contributed by atoms with Gasteiger partial charge in [-0.15, -0.1) is 0 Å². The maximum atomic E-state index is 13.2. The van der Waals surface area contributed by atoms with Crippen LogP contribution in [0.15, 0.2) is 48.5 Å². The number of unbranched alkanes of at least 4 members (excludes halogenated alkanes) is 2. The van der Waals surface area contributed by atoms with Crippen molar-refractivity contribution >= 4 is 23.2 Å². The Kier molecular flexibility index (Phi) is 3.71. The highest BCUT2D eigenvalue weighted by Crippen LogP contribution is 2.45. The van der Waals surface area contributed by atoms with Crippen LogP contribution < -0.4 is 10.6 Å². The lowest BCUT2D eigenvalue weighted by Crippen LogP contribution is -2.61. The third-order valence-electron chi connectivity index (χ3n) is 5.00. The van der Waals surface area contributed by atoms with E-state index in [-0.39, 0.29) is 11.8 Å². The first-order valence-electron chi connectivity index (χ1n) is 8.78. The number of para-hydroxylation sites is 2. The van der Waals surface area contributed by atoms with Gasteiger partial charge in [0.2, 0.25) is 5.66 Å². The Bertz CT molecular complexity index is 848. The van der Waals surface area contributed by atoms with Gasteiger partial charge >= 0.3 is 0 Å². The second-order valence-electron chi connectivity index (χ2n) is 6.54. The molecule has 1 spiro atoms. The molecule has 1 atom stereocenters. The summed E-state index contributed by atoms with van der Waals surface area (Å²) in [4.78, 5) is 28.0. The number of hydrogen-bond acceptors (Lipinski definition) is 3. The number of anilines is 2. The van der Waals surface area contributed by atoms with Crippen LogP contribution >= 0.6 is 0 Å². The molecule has 2 aromatic carbocycles. The summed E-state index contributed by atoms with van der Waals surface area (Å²) in [6.07, 6.45) is 2.94. The Morgan fingerprint density at radius 2 is 1.68 bits per heavy atom. The molecule has 0 bridgehead atoms. The first-order valence-corrected chi connectivity index (χ1v) is 8.78. The summed E-state index contributed by atoms with van der Waals surface area (Å²) in [5, 5.41) is 6.31. The van der Waals surface area contributed by atoms with Gasteiger partial charge in [-0.25, -0.2) is 0 Å². The zero-order valence-corrected chi connectivity index (χ0v) is 14.2. The first kappa shape index (κ1) is 15.7. The topological polar surface area (TPSA) is 61.4 Å². The molecule has 0 aromatic heterocycles. The monoisotopic (exact) mass is 335 g/mol. The Morgan fingerprint density at radius 1 is 0.960 bits per heavy atom. The molecular formula is C20H21N3O2. The van der Waals surface area contributed by atoms with Crippen LogP contribution in [0.1, 0.15) is 42.1 Å². The average Bonchev–Trinajstić information content (AvgIpc) is 2.90. The molecule has 0 saturated carbocycles. The van der Waals surface area contributed by atoms with Crippen molar-refractivity contribution in [2.45, 2.75) is 31.8 Å². The normalized spacial score (nSPS) is 20.9. The van der Waals surface area contributed by atoms with E-state index in [0.29, 0.717) is 17.8 Å². The van der Waals surface area contributed by atoms with Gasteiger partial charge in [0, 0.05) is 23.5 Å². The fourth-order valence-corrected chi connectivity index (χ4v) is 3.76. The number of carbonyl (C=O) groups is 2. The Balaban J connectivity index is 1.87. The van der Waals surface area contributed by atoms with Gasteiger partial charge in [-0.2, -0.15) is 0 Å². The molecule has 2 amide bonds. The molecular weight excluding hydrogens is 314 g/mol. The molecule has 2 N–H and O–H groups in total. The summed E-state index contributed by atoms with van der Waals surface area (Å²) >= 11 is 0. The predicted molar refractivity (Wildman–Crippen MR) is 97.4 cm³/mol. The first-order chi connectivity index (χ1) is 12.2. The number of nitrogens with one attached hydrogen (secondary N) is 2. The van der Waals surface area contributed by atoms with E-state index in [9.17, 15) is 9.59 Å². The zero-order valence-electron chi connectivity index (χ0n) is 14.2. The smallest absolute Gasteiger partial charge is 0.276 e. The van der Waals surface area contributed by atoms with Crippen LogP contribution in [0.2, 0.25) is 0 Å². The summed E-state index contributed by atoms with van der Waals surface area (Å²) < 4.78 is 0. The van der Waals surface area contributed by atoms with E-state index >= 15 is 0 Å². The molecule has 2 aliphatic heterocycles. The molecule has 4 rings (SSSR count). The zero-order chi connectivity index (χ0) is 17.4. The summed E-state index contributed by atoms with van der Waals surface area (Å²) in [5.74, 6) is -0.301. The molecule has 0 saturated heterocycles. The van der Waals surface area contributed by atoms with Crippen LogP contribution in [-0.4, -0.2) is 23.3 Å². The van der Waals surface area contributed by atoms with Crippen molar-refractivity contribution in [3.05, 3.63) is 59.7 Å². The minimum atomic E-state index is -1.17. The SMILES string of the molecule is CCCCCN1C(=O)c2ccccc2NC12C(=O)Nc1ccccc12. The van der Waals surface area contributed by atoms with Gasteiger partial charge < -0.3 is 15.5 Å². The highest BCUT2D eigenvalue weighted by molar-refractivity contribution is 6.14. The van der Waals surface area contributed by atoms with E-state index in [1.807, 2.05) is 48.5 Å². The number of carbonyl (C=O) groups excluding carboxylic acids is 2. The number of nitrogens with zero attached hydrogens (tertiary/aromatic N) is 1. The predicted octanol–water partition coefficient (Wildman–Crippen LogP) is 3.55. The summed E-state index contributed by atoms with van der Waals surface area (Å²) in [6.45, 7) is 2.66. The summed E-state index contributed by atoms with van der Waals surface area (Å²) in [7, 11) is 0. The fourth-order valence-electron chi connectivity index (χ4n) is 3.76. The minimum absolute atomic E-state index is 0.0997. The van der Waals surface area contributed by atoms with Crippen LogP contribution in [-0.2, 0) is 10.5 Å². The lowest BCUT2D eigenvalue weighted by molar-refractivity contribution is -0.125. The maximum Gasteiger partial charge on any atom is 0.276 e. The van der Waals surface area contributed by atoms with E-state index in [1.54, 1.807) is 4.90 Å². The molecule has 2 aromatic rings. The molecule has 2 aliphatic rings. The quantitative estimate of drug-likeness (QED) is 0.840. The number of hydrogen-bond donors (Lipinski definition) is 2. The number of benzene rings is 2. The molecule has 0 radical (unpaired) electrons. The van der Waals surface area contributed by atoms with E-state index in [1.165, 1.54) is 0 Å². The van der Waals surface area contributed by atoms with Gasteiger partial charge in [-0.3, -0.25) is 9.59 Å². The Hall–Kier alpha value is -2.82. The third-order valence-corrected chi connectivity index (χ3v) is 5.00. The van der Waals surface area contributed by atoms with Crippen LogP contribution in [0.4, 0.5) is 11.4 Å². The van der Waals surface area contributed by atoms with E-state index in [2.05, 4.69) is 17.6 Å². The van der Waals surface area contributed by atoms with E-state index in [0.717, 1.165) is 30.5 Å².